The van der Waals surface area contributed by atoms with Gasteiger partial charge in [0.25, 0.3) is 0 Å². The first-order valence-corrected chi connectivity index (χ1v) is 6.91. The monoisotopic (exact) mass is 245 g/mol. The number of hydrogen-bond donors (Lipinski definition) is 0. The molecule has 0 saturated heterocycles. The van der Waals surface area contributed by atoms with Crippen molar-refractivity contribution in [2.24, 2.45) is 0 Å². The lowest BCUT2D eigenvalue weighted by atomic mass is 10.1. The van der Waals surface area contributed by atoms with Gasteiger partial charge < -0.3 is 0 Å². The van der Waals surface area contributed by atoms with Crippen LogP contribution in [0.1, 0.15) is 19.4 Å². The van der Waals surface area contributed by atoms with E-state index in [2.05, 4.69) is 47.8 Å². The fourth-order valence-corrected chi connectivity index (χ4v) is 3.61. The first kappa shape index (κ1) is 10.00. The Kier molecular flexibility index (Phi) is 2.30. The van der Waals surface area contributed by atoms with Gasteiger partial charge in [-0.1, -0.05) is 11.6 Å². The van der Waals surface area contributed by atoms with Crippen LogP contribution in [0.5, 0.6) is 0 Å². The fourth-order valence-electron chi connectivity index (χ4n) is 1.84. The normalized spacial score (nSPS) is 11.1. The van der Waals surface area contributed by atoms with Crippen molar-refractivity contribution in [2.75, 3.05) is 0 Å². The second kappa shape index (κ2) is 3.68. The Morgan fingerprint density at radius 1 is 1.06 bits per heavy atom. The first-order chi connectivity index (χ1) is 7.75. The van der Waals surface area contributed by atoms with Crippen molar-refractivity contribution < 1.29 is 0 Å². The Morgan fingerprint density at radius 2 is 1.62 bits per heavy atom. The largest absolute Gasteiger partial charge is 0.246 e. The van der Waals surface area contributed by atoms with Crippen molar-refractivity contribution in [3.05, 3.63) is 34.0 Å². The van der Waals surface area contributed by atoms with E-state index in [4.69, 9.17) is 0 Å². The molecule has 3 rings (SSSR count). The highest BCUT2D eigenvalue weighted by Crippen LogP contribution is 2.34. The van der Waals surface area contributed by atoms with Gasteiger partial charge in [0.05, 0.1) is 20.4 Å². The predicted molar refractivity (Wildman–Crippen MR) is 74.3 cm³/mol. The Labute approximate surface area is 102 Å². The summed E-state index contributed by atoms with van der Waals surface area (Å²) < 4.78 is 2.60. The molecule has 0 aliphatic carbocycles. The second-order valence-electron chi connectivity index (χ2n) is 4.02. The average Bonchev–Trinajstić information content (AvgIpc) is 2.83. The summed E-state index contributed by atoms with van der Waals surface area (Å²) >= 11 is 3.55. The zero-order chi connectivity index (χ0) is 11.1. The predicted octanol–water partition coefficient (Wildman–Crippen LogP) is 4.93. The van der Waals surface area contributed by atoms with Gasteiger partial charge in [-0.15, -0.1) is 22.7 Å². The van der Waals surface area contributed by atoms with E-state index in [1.54, 1.807) is 22.7 Å². The van der Waals surface area contributed by atoms with Gasteiger partial charge in [-0.05, 0) is 36.7 Å². The molecule has 0 N–H and O–H groups in total. The minimum atomic E-state index is 1.11. The summed E-state index contributed by atoms with van der Waals surface area (Å²) in [7, 11) is 0. The number of nitrogens with zero attached hydrogens (tertiary/aromatic N) is 1. The van der Waals surface area contributed by atoms with Crippen LogP contribution in [0.25, 0.3) is 26.5 Å². The quantitative estimate of drug-likeness (QED) is 0.592. The Bertz CT molecular complexity index is 635. The second-order valence-corrected chi connectivity index (χ2v) is 5.85. The SMILES string of the molecule is CC(C)=Cc1c2sccc2nc2ccsc12. The molecule has 16 heavy (non-hydrogen) atoms. The van der Waals surface area contributed by atoms with E-state index >= 15 is 0 Å². The van der Waals surface area contributed by atoms with Gasteiger partial charge in [0, 0.05) is 5.56 Å². The third-order valence-corrected chi connectivity index (χ3v) is 4.33. The van der Waals surface area contributed by atoms with Crippen molar-refractivity contribution in [1.29, 1.82) is 0 Å². The van der Waals surface area contributed by atoms with Gasteiger partial charge >= 0.3 is 0 Å². The molecule has 0 aliphatic heterocycles. The molecule has 3 aromatic rings. The molecule has 0 atom stereocenters. The van der Waals surface area contributed by atoms with Gasteiger partial charge in [0.15, 0.2) is 0 Å². The van der Waals surface area contributed by atoms with Crippen LogP contribution in [0.15, 0.2) is 28.5 Å². The van der Waals surface area contributed by atoms with Gasteiger partial charge in [-0.3, -0.25) is 0 Å². The van der Waals surface area contributed by atoms with Crippen LogP contribution in [0, 0.1) is 0 Å². The molecular formula is C13H11NS2. The Morgan fingerprint density at radius 3 is 2.12 bits per heavy atom. The summed E-state index contributed by atoms with van der Waals surface area (Å²) in [5.41, 5.74) is 4.90. The summed E-state index contributed by atoms with van der Waals surface area (Å²) in [5.74, 6) is 0. The molecule has 0 spiro atoms. The van der Waals surface area contributed by atoms with Crippen molar-refractivity contribution in [3.8, 4) is 0 Å². The molecule has 0 fully saturated rings. The summed E-state index contributed by atoms with van der Waals surface area (Å²) in [6, 6.07) is 4.19. The van der Waals surface area contributed by atoms with Crippen molar-refractivity contribution in [3.63, 3.8) is 0 Å². The van der Waals surface area contributed by atoms with E-state index in [1.165, 1.54) is 20.5 Å². The number of fused-ring (bicyclic) bond motifs is 2. The van der Waals surface area contributed by atoms with E-state index in [0.717, 1.165) is 11.0 Å². The van der Waals surface area contributed by atoms with E-state index in [-0.39, 0.29) is 0 Å². The number of allylic oxidation sites excluding steroid dienone is 1. The molecule has 3 heteroatoms. The molecule has 0 aliphatic rings. The molecule has 3 aromatic heterocycles. The highest BCUT2D eigenvalue weighted by atomic mass is 32.1. The molecule has 80 valence electrons. The number of hydrogen-bond acceptors (Lipinski definition) is 3. The molecule has 3 heterocycles. The van der Waals surface area contributed by atoms with E-state index < -0.39 is 0 Å². The van der Waals surface area contributed by atoms with Crippen molar-refractivity contribution >= 4 is 49.2 Å². The average molecular weight is 245 g/mol. The van der Waals surface area contributed by atoms with Gasteiger partial charge in [-0.25, -0.2) is 4.98 Å². The molecular weight excluding hydrogens is 234 g/mol. The molecule has 1 nitrogen and oxygen atoms in total. The highest BCUT2D eigenvalue weighted by molar-refractivity contribution is 7.20. The lowest BCUT2D eigenvalue weighted by Gasteiger charge is -2.00. The summed E-state index contributed by atoms with van der Waals surface area (Å²) in [4.78, 5) is 4.66. The maximum atomic E-state index is 4.66. The van der Waals surface area contributed by atoms with Gasteiger partial charge in [-0.2, -0.15) is 0 Å². The minimum absolute atomic E-state index is 1.11. The summed E-state index contributed by atoms with van der Waals surface area (Å²) in [6.45, 7) is 4.28. The standard InChI is InChI=1S/C13H11NS2/c1-8(2)7-9-12-10(3-5-15-12)14-11-4-6-16-13(9)11/h3-7H,1-2H3. The van der Waals surface area contributed by atoms with Crippen molar-refractivity contribution in [2.45, 2.75) is 13.8 Å². The van der Waals surface area contributed by atoms with Crippen LogP contribution in [-0.2, 0) is 0 Å². The van der Waals surface area contributed by atoms with Crippen LogP contribution in [0.4, 0.5) is 0 Å². The van der Waals surface area contributed by atoms with Crippen LogP contribution in [-0.4, -0.2) is 4.98 Å². The fraction of sp³-hybridized carbons (Fsp3) is 0.154. The van der Waals surface area contributed by atoms with E-state index in [0.29, 0.717) is 0 Å². The van der Waals surface area contributed by atoms with Crippen LogP contribution in [0.3, 0.4) is 0 Å². The number of thiophene rings is 2. The lowest BCUT2D eigenvalue weighted by Crippen LogP contribution is -1.80. The Hall–Kier alpha value is -1.19. The zero-order valence-corrected chi connectivity index (χ0v) is 10.8. The van der Waals surface area contributed by atoms with E-state index in [9.17, 15) is 0 Å². The Balaban J connectivity index is 2.51. The molecule has 0 aromatic carbocycles. The summed E-state index contributed by atoms with van der Waals surface area (Å²) in [5, 5.41) is 4.23. The number of pyridine rings is 1. The third-order valence-electron chi connectivity index (χ3n) is 2.45. The molecule has 0 saturated carbocycles. The lowest BCUT2D eigenvalue weighted by molar-refractivity contribution is 1.43. The van der Waals surface area contributed by atoms with E-state index in [1.807, 2.05) is 0 Å². The molecule has 0 amide bonds. The summed E-state index contributed by atoms with van der Waals surface area (Å²) in [6.07, 6.45) is 2.26. The third kappa shape index (κ3) is 1.47. The highest BCUT2D eigenvalue weighted by Gasteiger charge is 2.09. The molecule has 0 radical (unpaired) electrons. The number of aromatic nitrogens is 1. The minimum Gasteiger partial charge on any atom is -0.246 e. The topological polar surface area (TPSA) is 12.9 Å². The first-order valence-electron chi connectivity index (χ1n) is 5.15. The smallest absolute Gasteiger partial charge is 0.0824 e. The van der Waals surface area contributed by atoms with Gasteiger partial charge in [0.2, 0.25) is 0 Å². The van der Waals surface area contributed by atoms with Crippen LogP contribution >= 0.6 is 22.7 Å². The van der Waals surface area contributed by atoms with Gasteiger partial charge in [0.1, 0.15) is 0 Å². The zero-order valence-electron chi connectivity index (χ0n) is 9.15. The van der Waals surface area contributed by atoms with Crippen LogP contribution in [0.2, 0.25) is 0 Å². The van der Waals surface area contributed by atoms with Crippen LogP contribution < -0.4 is 0 Å². The maximum absolute atomic E-state index is 4.66. The van der Waals surface area contributed by atoms with Crippen molar-refractivity contribution in [1.82, 2.24) is 4.98 Å². The number of rotatable bonds is 1. The molecule has 0 unspecified atom stereocenters. The maximum Gasteiger partial charge on any atom is 0.0824 e. The molecule has 0 bridgehead atoms.